The molecule has 10 nitrogen and oxygen atoms in total. The van der Waals surface area contributed by atoms with E-state index in [0.29, 0.717) is 16.5 Å². The number of anilines is 2. The van der Waals surface area contributed by atoms with Crippen molar-refractivity contribution in [2.24, 2.45) is 0 Å². The molecule has 2 aromatic carbocycles. The zero-order chi connectivity index (χ0) is 24.1. The number of benzene rings is 2. The summed E-state index contributed by atoms with van der Waals surface area (Å²) in [5.41, 5.74) is 2.09. The third-order valence-electron chi connectivity index (χ3n) is 4.64. The number of rotatable bonds is 8. The van der Waals surface area contributed by atoms with Crippen LogP contribution in [0.5, 0.6) is 0 Å². The maximum Gasteiger partial charge on any atom is 0.264 e. The van der Waals surface area contributed by atoms with Gasteiger partial charge in [0.1, 0.15) is 0 Å². The number of nitrogens with two attached hydrogens (primary N) is 1. The summed E-state index contributed by atoms with van der Waals surface area (Å²) >= 11 is 1.22. The molecule has 4 aromatic rings. The molecule has 4 N–H and O–H groups in total. The van der Waals surface area contributed by atoms with E-state index >= 15 is 0 Å². The van der Waals surface area contributed by atoms with Crippen molar-refractivity contribution < 1.29 is 13.2 Å². The Morgan fingerprint density at radius 1 is 1.03 bits per heavy atom. The number of carbonyl (C=O) groups excluding carboxylic acids is 1. The lowest BCUT2D eigenvalue weighted by Gasteiger charge is -2.12. The molecule has 2 aromatic heterocycles. The number of aromatic nitrogens is 4. The average Bonchev–Trinajstić information content (AvgIpc) is 3.20. The Kier molecular flexibility index (Phi) is 6.80. The lowest BCUT2D eigenvalue weighted by atomic mass is 10.2. The number of carbonyl (C=O) groups is 1. The van der Waals surface area contributed by atoms with Gasteiger partial charge in [-0.1, -0.05) is 42.1 Å². The predicted molar refractivity (Wildman–Crippen MR) is 131 cm³/mol. The molecule has 174 valence electrons. The Morgan fingerprint density at radius 3 is 2.38 bits per heavy atom. The van der Waals surface area contributed by atoms with Gasteiger partial charge in [-0.3, -0.25) is 4.79 Å². The van der Waals surface area contributed by atoms with Crippen LogP contribution in [-0.2, 0) is 14.8 Å². The minimum Gasteiger partial charge on any atom is -0.337 e. The summed E-state index contributed by atoms with van der Waals surface area (Å²) in [6.45, 7) is 1.74. The summed E-state index contributed by atoms with van der Waals surface area (Å²) in [5.74, 6) is 5.72. The van der Waals surface area contributed by atoms with Gasteiger partial charge in [0, 0.05) is 23.6 Å². The Hall–Kier alpha value is -3.90. The van der Waals surface area contributed by atoms with E-state index in [1.807, 2.05) is 30.3 Å². The van der Waals surface area contributed by atoms with E-state index in [1.165, 1.54) is 53.1 Å². The molecule has 0 saturated carbocycles. The van der Waals surface area contributed by atoms with Gasteiger partial charge in [-0.15, -0.1) is 0 Å². The first kappa shape index (κ1) is 23.3. The molecule has 1 amide bonds. The number of thioether (sulfide) groups is 1. The van der Waals surface area contributed by atoms with Crippen LogP contribution in [0.2, 0.25) is 0 Å². The number of hydrogen-bond donors (Lipinski definition) is 3. The average molecular weight is 496 g/mol. The summed E-state index contributed by atoms with van der Waals surface area (Å²) in [7, 11) is -3.86. The van der Waals surface area contributed by atoms with Crippen molar-refractivity contribution in [1.82, 2.24) is 19.6 Å². The highest BCUT2D eigenvalue weighted by atomic mass is 32.2. The van der Waals surface area contributed by atoms with Crippen molar-refractivity contribution in [3.63, 3.8) is 0 Å². The van der Waals surface area contributed by atoms with Gasteiger partial charge >= 0.3 is 0 Å². The van der Waals surface area contributed by atoms with Gasteiger partial charge in [0.2, 0.25) is 11.9 Å². The first-order chi connectivity index (χ1) is 16.3. The number of sulfonamides is 1. The van der Waals surface area contributed by atoms with E-state index in [0.717, 1.165) is 5.56 Å². The van der Waals surface area contributed by atoms with Gasteiger partial charge in [-0.05, 0) is 37.3 Å². The fourth-order valence-electron chi connectivity index (χ4n) is 2.92. The third kappa shape index (κ3) is 5.53. The molecule has 0 radical (unpaired) electrons. The minimum atomic E-state index is -3.86. The largest absolute Gasteiger partial charge is 0.337 e. The summed E-state index contributed by atoms with van der Waals surface area (Å²) in [6, 6.07) is 17.0. The minimum absolute atomic E-state index is 0.0129. The number of nitrogens with one attached hydrogen (secondary N) is 2. The predicted octanol–water partition coefficient (Wildman–Crippen LogP) is 2.97. The Morgan fingerprint density at radius 2 is 1.71 bits per heavy atom. The maximum atomic E-state index is 12.7. The van der Waals surface area contributed by atoms with E-state index in [4.69, 9.17) is 5.84 Å². The Bertz CT molecular complexity index is 1380. The van der Waals surface area contributed by atoms with E-state index in [1.54, 1.807) is 19.2 Å². The first-order valence-electron chi connectivity index (χ1n) is 10.1. The van der Waals surface area contributed by atoms with Crippen LogP contribution in [0.15, 0.2) is 89.3 Å². The quantitative estimate of drug-likeness (QED) is 0.250. The van der Waals surface area contributed by atoms with Crippen molar-refractivity contribution in [3.05, 3.63) is 79.3 Å². The van der Waals surface area contributed by atoms with Gasteiger partial charge in [-0.2, -0.15) is 0 Å². The number of hydrogen-bond acceptors (Lipinski definition) is 8. The van der Waals surface area contributed by atoms with Gasteiger partial charge in [0.15, 0.2) is 5.16 Å². The highest BCUT2D eigenvalue weighted by Gasteiger charge is 2.20. The number of imidazole rings is 1. The second-order valence-corrected chi connectivity index (χ2v) is 10.1. The van der Waals surface area contributed by atoms with Gasteiger partial charge in [0.25, 0.3) is 10.0 Å². The number of nitrogen functional groups attached to an aromatic ring is 1. The van der Waals surface area contributed by atoms with Crippen LogP contribution in [-0.4, -0.2) is 39.2 Å². The zero-order valence-corrected chi connectivity index (χ0v) is 19.6. The van der Waals surface area contributed by atoms with E-state index in [2.05, 4.69) is 25.0 Å². The van der Waals surface area contributed by atoms with Gasteiger partial charge in [-0.25, -0.2) is 32.8 Å². The monoisotopic (exact) mass is 495 g/mol. The van der Waals surface area contributed by atoms with Crippen molar-refractivity contribution >= 4 is 39.3 Å². The maximum absolute atomic E-state index is 12.7. The second kappa shape index (κ2) is 9.93. The molecule has 0 fully saturated rings. The van der Waals surface area contributed by atoms with E-state index in [-0.39, 0.29) is 16.8 Å². The molecule has 0 aliphatic carbocycles. The molecule has 4 rings (SSSR count). The first-order valence-corrected chi connectivity index (χ1v) is 12.5. The molecule has 1 atom stereocenters. The topological polar surface area (TPSA) is 145 Å². The molecule has 0 unspecified atom stereocenters. The highest BCUT2D eigenvalue weighted by Crippen LogP contribution is 2.26. The van der Waals surface area contributed by atoms with Crippen molar-refractivity contribution in [1.29, 1.82) is 0 Å². The number of nitrogens with zero attached hydrogens (tertiary/aromatic N) is 4. The van der Waals surface area contributed by atoms with Gasteiger partial charge < -0.3 is 11.2 Å². The van der Waals surface area contributed by atoms with Crippen LogP contribution in [0.3, 0.4) is 0 Å². The normalized spacial score (nSPS) is 12.1. The molecule has 12 heteroatoms. The van der Waals surface area contributed by atoms with Crippen LogP contribution in [0.4, 0.5) is 11.6 Å². The van der Waals surface area contributed by atoms with Crippen LogP contribution >= 0.6 is 11.8 Å². The fraction of sp³-hybridized carbons (Fsp3) is 0.0909. The molecule has 2 heterocycles. The Labute approximate surface area is 200 Å². The molecule has 0 bridgehead atoms. The highest BCUT2D eigenvalue weighted by molar-refractivity contribution is 8.00. The molecule has 0 aliphatic heterocycles. The molecular weight excluding hydrogens is 474 g/mol. The lowest BCUT2D eigenvalue weighted by molar-refractivity contribution is -0.115. The summed E-state index contributed by atoms with van der Waals surface area (Å²) in [4.78, 5) is 24.9. The van der Waals surface area contributed by atoms with Crippen LogP contribution in [0, 0.1) is 0 Å². The summed E-state index contributed by atoms with van der Waals surface area (Å²) in [6.07, 6.45) is 4.57. The Balaban J connectivity index is 1.39. The fourth-order valence-corrected chi connectivity index (χ4v) is 4.68. The summed E-state index contributed by atoms with van der Waals surface area (Å²) in [5, 5.41) is 2.76. The van der Waals surface area contributed by atoms with Crippen LogP contribution < -0.4 is 15.9 Å². The van der Waals surface area contributed by atoms with E-state index in [9.17, 15) is 13.2 Å². The zero-order valence-electron chi connectivity index (χ0n) is 18.0. The van der Waals surface area contributed by atoms with E-state index < -0.39 is 15.3 Å². The smallest absolute Gasteiger partial charge is 0.264 e. The lowest BCUT2D eigenvalue weighted by Crippen LogP contribution is -2.23. The second-order valence-electron chi connectivity index (χ2n) is 7.13. The molecule has 0 saturated heterocycles. The van der Waals surface area contributed by atoms with Crippen molar-refractivity contribution in [2.75, 3.05) is 15.9 Å². The van der Waals surface area contributed by atoms with Crippen molar-refractivity contribution in [3.8, 4) is 11.3 Å². The molecule has 34 heavy (non-hydrogen) atoms. The molecule has 0 aliphatic rings. The SMILES string of the molecule is C[C@H](Sc1nc(-c2ccccc2)cn1N)C(=O)Nc1ccc(S(=O)(=O)Nc2ncccn2)cc1. The van der Waals surface area contributed by atoms with Crippen LogP contribution in [0.1, 0.15) is 6.92 Å². The summed E-state index contributed by atoms with van der Waals surface area (Å²) < 4.78 is 28.6. The number of amides is 1. The van der Waals surface area contributed by atoms with Crippen LogP contribution in [0.25, 0.3) is 11.3 Å². The van der Waals surface area contributed by atoms with Crippen molar-refractivity contribution in [2.45, 2.75) is 22.2 Å². The standard InChI is InChI=1S/C22H21N7O3S2/c1-15(33-22-27-19(14-29(22)23)16-6-3-2-4-7-16)20(30)26-17-8-10-18(11-9-17)34(31,32)28-21-24-12-5-13-25-21/h2-15H,23H2,1H3,(H,26,30)(H,24,25,28)/t15-/m0/s1. The molecule has 0 spiro atoms. The third-order valence-corrected chi connectivity index (χ3v) is 7.07. The molecular formula is C22H21N7O3S2. The van der Waals surface area contributed by atoms with Gasteiger partial charge in [0.05, 0.1) is 22.0 Å².